The molecule has 0 unspecified atom stereocenters. The van der Waals surface area contributed by atoms with Gasteiger partial charge < -0.3 is 4.74 Å². The van der Waals surface area contributed by atoms with Crippen molar-refractivity contribution in [2.45, 2.75) is 26.4 Å². The predicted octanol–water partition coefficient (Wildman–Crippen LogP) is 2.91. The molecule has 0 saturated heterocycles. The van der Waals surface area contributed by atoms with Crippen molar-refractivity contribution in [3.8, 4) is 5.75 Å². The van der Waals surface area contributed by atoms with E-state index in [2.05, 4.69) is 0 Å². The number of nitro benzene ring substituents is 1. The van der Waals surface area contributed by atoms with Gasteiger partial charge in [0.05, 0.1) is 4.92 Å². The summed E-state index contributed by atoms with van der Waals surface area (Å²) in [7, 11) is 0. The first kappa shape index (κ1) is 11.4. The van der Waals surface area contributed by atoms with Crippen molar-refractivity contribution >= 4 is 5.69 Å². The van der Waals surface area contributed by atoms with Crippen LogP contribution in [0, 0.1) is 15.9 Å². The number of nitro groups is 1. The summed E-state index contributed by atoms with van der Waals surface area (Å²) in [6, 6.07) is 3.15. The van der Waals surface area contributed by atoms with Crippen molar-refractivity contribution in [2.24, 2.45) is 0 Å². The standard InChI is InChI=1S/C10H12FNO3/c1-10(2,3)15-9-6-7(11)4-5-8(9)12(13)14/h4-6H,1-3H3. The molecule has 0 heterocycles. The number of hydrogen-bond acceptors (Lipinski definition) is 3. The van der Waals surface area contributed by atoms with Crippen LogP contribution in [0.4, 0.5) is 10.1 Å². The van der Waals surface area contributed by atoms with Crippen LogP contribution in [0.25, 0.3) is 0 Å². The highest BCUT2D eigenvalue weighted by Crippen LogP contribution is 2.30. The van der Waals surface area contributed by atoms with E-state index in [0.29, 0.717) is 0 Å². The lowest BCUT2D eigenvalue weighted by atomic mass is 10.2. The zero-order valence-corrected chi connectivity index (χ0v) is 8.78. The minimum absolute atomic E-state index is 0.0486. The molecule has 0 saturated carbocycles. The van der Waals surface area contributed by atoms with Gasteiger partial charge in [0.2, 0.25) is 5.75 Å². The van der Waals surface area contributed by atoms with Crippen LogP contribution < -0.4 is 4.74 Å². The van der Waals surface area contributed by atoms with Crippen molar-refractivity contribution in [2.75, 3.05) is 0 Å². The zero-order valence-electron chi connectivity index (χ0n) is 8.78. The maximum atomic E-state index is 12.9. The lowest BCUT2D eigenvalue weighted by Gasteiger charge is -2.20. The molecule has 0 bridgehead atoms. The molecular formula is C10H12FNO3. The Hall–Kier alpha value is -1.65. The monoisotopic (exact) mass is 213 g/mol. The molecule has 1 aromatic carbocycles. The molecule has 0 amide bonds. The molecule has 0 radical (unpaired) electrons. The van der Waals surface area contributed by atoms with Crippen LogP contribution in [-0.4, -0.2) is 10.5 Å². The smallest absolute Gasteiger partial charge is 0.311 e. The summed E-state index contributed by atoms with van der Waals surface area (Å²) in [5, 5.41) is 10.6. The number of benzene rings is 1. The first-order valence-electron chi connectivity index (χ1n) is 4.42. The van der Waals surface area contributed by atoms with Crippen LogP contribution in [-0.2, 0) is 0 Å². The van der Waals surface area contributed by atoms with Gasteiger partial charge in [0.15, 0.2) is 0 Å². The van der Waals surface area contributed by atoms with Crippen molar-refractivity contribution in [3.05, 3.63) is 34.1 Å². The Morgan fingerprint density at radius 1 is 1.40 bits per heavy atom. The average molecular weight is 213 g/mol. The van der Waals surface area contributed by atoms with E-state index in [0.717, 1.165) is 18.2 Å². The van der Waals surface area contributed by atoms with Gasteiger partial charge in [-0.2, -0.15) is 0 Å². The quantitative estimate of drug-likeness (QED) is 0.560. The lowest BCUT2D eigenvalue weighted by Crippen LogP contribution is -2.23. The Bertz CT molecular complexity index is 385. The number of nitrogens with zero attached hydrogens (tertiary/aromatic N) is 1. The second kappa shape index (κ2) is 3.84. The topological polar surface area (TPSA) is 52.4 Å². The molecule has 5 heteroatoms. The first-order chi connectivity index (χ1) is 6.79. The number of halogens is 1. The fraction of sp³-hybridized carbons (Fsp3) is 0.400. The molecule has 0 aliphatic rings. The average Bonchev–Trinajstić information content (AvgIpc) is 1.99. The first-order valence-corrected chi connectivity index (χ1v) is 4.42. The molecule has 0 N–H and O–H groups in total. The van der Waals surface area contributed by atoms with Crippen LogP contribution in [0.3, 0.4) is 0 Å². The SMILES string of the molecule is CC(C)(C)Oc1cc(F)ccc1[N+](=O)[O-]. The summed E-state index contributed by atoms with van der Waals surface area (Å²) in [4.78, 5) is 10.0. The number of ether oxygens (including phenoxy) is 1. The molecule has 0 atom stereocenters. The van der Waals surface area contributed by atoms with Crippen molar-refractivity contribution in [1.29, 1.82) is 0 Å². The molecule has 0 spiro atoms. The second-order valence-corrected chi connectivity index (χ2v) is 4.08. The molecule has 82 valence electrons. The molecular weight excluding hydrogens is 201 g/mol. The third kappa shape index (κ3) is 3.19. The fourth-order valence-corrected chi connectivity index (χ4v) is 1.05. The Balaban J connectivity index is 3.13. The van der Waals surface area contributed by atoms with E-state index in [1.165, 1.54) is 0 Å². The van der Waals surface area contributed by atoms with E-state index < -0.39 is 16.3 Å². The lowest BCUT2D eigenvalue weighted by molar-refractivity contribution is -0.386. The third-order valence-electron chi connectivity index (χ3n) is 1.53. The minimum atomic E-state index is -0.599. The van der Waals surface area contributed by atoms with Gasteiger partial charge in [-0.05, 0) is 26.8 Å². The van der Waals surface area contributed by atoms with E-state index >= 15 is 0 Å². The summed E-state index contributed by atoms with van der Waals surface area (Å²) in [6.07, 6.45) is 0. The Morgan fingerprint density at radius 2 is 2.00 bits per heavy atom. The van der Waals surface area contributed by atoms with Gasteiger partial charge in [0, 0.05) is 12.1 Å². The molecule has 0 aliphatic carbocycles. The van der Waals surface area contributed by atoms with Crippen molar-refractivity contribution < 1.29 is 14.1 Å². The van der Waals surface area contributed by atoms with E-state index in [1.807, 2.05) is 0 Å². The summed E-state index contributed by atoms with van der Waals surface area (Å²) in [5.41, 5.74) is -0.829. The van der Waals surface area contributed by atoms with E-state index in [-0.39, 0.29) is 11.4 Å². The maximum Gasteiger partial charge on any atom is 0.311 e. The Labute approximate surface area is 86.8 Å². The van der Waals surface area contributed by atoms with Gasteiger partial charge in [0.1, 0.15) is 11.4 Å². The van der Waals surface area contributed by atoms with Gasteiger partial charge in [0.25, 0.3) is 0 Å². The predicted molar refractivity (Wildman–Crippen MR) is 53.4 cm³/mol. The second-order valence-electron chi connectivity index (χ2n) is 4.08. The maximum absolute atomic E-state index is 12.9. The van der Waals surface area contributed by atoms with Crippen molar-refractivity contribution in [3.63, 3.8) is 0 Å². The molecule has 0 fully saturated rings. The molecule has 15 heavy (non-hydrogen) atoms. The van der Waals surface area contributed by atoms with E-state index in [1.54, 1.807) is 20.8 Å². The van der Waals surface area contributed by atoms with Crippen molar-refractivity contribution in [1.82, 2.24) is 0 Å². The molecule has 1 rings (SSSR count). The largest absolute Gasteiger partial charge is 0.481 e. The summed E-state index contributed by atoms with van der Waals surface area (Å²) < 4.78 is 18.2. The van der Waals surface area contributed by atoms with Gasteiger partial charge in [-0.15, -0.1) is 0 Å². The van der Waals surface area contributed by atoms with Crippen LogP contribution in [0.1, 0.15) is 20.8 Å². The third-order valence-corrected chi connectivity index (χ3v) is 1.53. The Morgan fingerprint density at radius 3 is 2.47 bits per heavy atom. The molecule has 0 aromatic heterocycles. The number of rotatable bonds is 2. The fourth-order valence-electron chi connectivity index (χ4n) is 1.05. The highest BCUT2D eigenvalue weighted by molar-refractivity contribution is 5.46. The molecule has 1 aromatic rings. The normalized spacial score (nSPS) is 11.2. The minimum Gasteiger partial charge on any atom is -0.481 e. The van der Waals surface area contributed by atoms with E-state index in [4.69, 9.17) is 4.74 Å². The van der Waals surface area contributed by atoms with Crippen LogP contribution in [0.2, 0.25) is 0 Å². The van der Waals surface area contributed by atoms with Crippen LogP contribution >= 0.6 is 0 Å². The van der Waals surface area contributed by atoms with Crippen LogP contribution in [0.5, 0.6) is 5.75 Å². The molecule has 4 nitrogen and oxygen atoms in total. The highest BCUT2D eigenvalue weighted by Gasteiger charge is 2.21. The zero-order chi connectivity index (χ0) is 11.6. The van der Waals surface area contributed by atoms with Gasteiger partial charge in [-0.1, -0.05) is 0 Å². The van der Waals surface area contributed by atoms with Gasteiger partial charge in [-0.3, -0.25) is 10.1 Å². The Kier molecular flexibility index (Phi) is 2.93. The highest BCUT2D eigenvalue weighted by atomic mass is 19.1. The van der Waals surface area contributed by atoms with Crippen LogP contribution in [0.15, 0.2) is 18.2 Å². The number of hydrogen-bond donors (Lipinski definition) is 0. The summed E-state index contributed by atoms with van der Waals surface area (Å²) >= 11 is 0. The summed E-state index contributed by atoms with van der Waals surface area (Å²) in [5.74, 6) is -0.604. The van der Waals surface area contributed by atoms with E-state index in [9.17, 15) is 14.5 Å². The van der Waals surface area contributed by atoms with Gasteiger partial charge >= 0.3 is 5.69 Å². The summed E-state index contributed by atoms with van der Waals surface area (Å²) in [6.45, 7) is 5.21. The van der Waals surface area contributed by atoms with Gasteiger partial charge in [-0.25, -0.2) is 4.39 Å². The molecule has 0 aliphatic heterocycles.